The summed E-state index contributed by atoms with van der Waals surface area (Å²) in [4.78, 5) is 18.3. The zero-order valence-corrected chi connectivity index (χ0v) is 19.2. The molecule has 5 nitrogen and oxygen atoms in total. The first-order valence-corrected chi connectivity index (χ1v) is 10.7. The molecular formula is C24H22Cl2N4O. The van der Waals surface area contributed by atoms with Crippen molar-refractivity contribution in [2.75, 3.05) is 0 Å². The SMILES string of the molecule is Cc1c(-c2ccc(Cl)cc2Cl)nc2ccccc2c1C(=O)N[C@H](C)c1cnn(C)c1C. The van der Waals surface area contributed by atoms with E-state index in [1.807, 2.05) is 58.2 Å². The number of carbonyl (C=O) groups excluding carboxylic acids is 1. The van der Waals surface area contributed by atoms with E-state index in [0.29, 0.717) is 21.3 Å². The van der Waals surface area contributed by atoms with Crippen molar-refractivity contribution >= 4 is 40.0 Å². The quantitative estimate of drug-likeness (QED) is 0.409. The topological polar surface area (TPSA) is 59.8 Å². The van der Waals surface area contributed by atoms with Crippen molar-refractivity contribution in [1.29, 1.82) is 0 Å². The van der Waals surface area contributed by atoms with Gasteiger partial charge in [0.1, 0.15) is 0 Å². The number of aryl methyl sites for hydroxylation is 1. The molecule has 0 aliphatic carbocycles. The third-order valence-corrected chi connectivity index (χ3v) is 6.18. The van der Waals surface area contributed by atoms with E-state index in [4.69, 9.17) is 28.2 Å². The lowest BCUT2D eigenvalue weighted by Crippen LogP contribution is -2.28. The van der Waals surface area contributed by atoms with Crippen molar-refractivity contribution in [1.82, 2.24) is 20.1 Å². The molecule has 0 bridgehead atoms. The van der Waals surface area contributed by atoms with E-state index in [9.17, 15) is 4.79 Å². The zero-order valence-electron chi connectivity index (χ0n) is 17.7. The zero-order chi connectivity index (χ0) is 22.3. The Bertz CT molecular complexity index is 1310. The molecule has 1 N–H and O–H groups in total. The number of hydrogen-bond acceptors (Lipinski definition) is 3. The standard InChI is InChI=1S/C24H22Cl2N4O/c1-13-22(24(31)28-14(2)19-12-27-30(4)15(19)3)18-7-5-6-8-21(18)29-23(13)17-10-9-16(25)11-20(17)26/h5-12,14H,1-4H3,(H,28,31)/t14-/m1/s1. The van der Waals surface area contributed by atoms with Crippen LogP contribution in [0.2, 0.25) is 10.0 Å². The average Bonchev–Trinajstić information content (AvgIpc) is 3.06. The number of aromatic nitrogens is 3. The summed E-state index contributed by atoms with van der Waals surface area (Å²) < 4.78 is 1.80. The lowest BCUT2D eigenvalue weighted by Gasteiger charge is -2.18. The molecule has 0 aliphatic rings. The largest absolute Gasteiger partial charge is 0.345 e. The molecule has 0 aliphatic heterocycles. The highest BCUT2D eigenvalue weighted by molar-refractivity contribution is 6.36. The Morgan fingerprint density at radius 3 is 2.55 bits per heavy atom. The van der Waals surface area contributed by atoms with Gasteiger partial charge in [-0.3, -0.25) is 9.48 Å². The Morgan fingerprint density at radius 2 is 1.87 bits per heavy atom. The molecule has 7 heteroatoms. The number of nitrogens with zero attached hydrogens (tertiary/aromatic N) is 3. The number of nitrogens with one attached hydrogen (secondary N) is 1. The lowest BCUT2D eigenvalue weighted by atomic mass is 9.96. The second-order valence-corrected chi connectivity index (χ2v) is 8.45. The van der Waals surface area contributed by atoms with Crippen LogP contribution in [0.15, 0.2) is 48.7 Å². The highest BCUT2D eigenvalue weighted by Crippen LogP contribution is 2.35. The summed E-state index contributed by atoms with van der Waals surface area (Å²) in [5.41, 5.74) is 5.46. The maximum absolute atomic E-state index is 13.5. The summed E-state index contributed by atoms with van der Waals surface area (Å²) in [7, 11) is 1.88. The van der Waals surface area contributed by atoms with Crippen LogP contribution in [-0.2, 0) is 7.05 Å². The van der Waals surface area contributed by atoms with Crippen LogP contribution in [0.1, 0.15) is 40.1 Å². The third kappa shape index (κ3) is 3.91. The van der Waals surface area contributed by atoms with Gasteiger partial charge < -0.3 is 5.32 Å². The fourth-order valence-corrected chi connectivity index (χ4v) is 4.33. The Hall–Kier alpha value is -2.89. The maximum atomic E-state index is 13.5. The number of hydrogen-bond donors (Lipinski definition) is 1. The van der Waals surface area contributed by atoms with Crippen LogP contribution >= 0.6 is 23.2 Å². The van der Waals surface area contributed by atoms with Crippen LogP contribution in [0, 0.1) is 13.8 Å². The molecule has 0 saturated carbocycles. The summed E-state index contributed by atoms with van der Waals surface area (Å²) in [6.45, 7) is 5.84. The van der Waals surface area contributed by atoms with Crippen molar-refractivity contribution in [3.8, 4) is 11.3 Å². The molecule has 2 aromatic heterocycles. The molecule has 0 spiro atoms. The van der Waals surface area contributed by atoms with E-state index in [1.165, 1.54) is 0 Å². The third-order valence-electron chi connectivity index (χ3n) is 5.64. The number of fused-ring (bicyclic) bond motifs is 1. The highest BCUT2D eigenvalue weighted by atomic mass is 35.5. The second-order valence-electron chi connectivity index (χ2n) is 7.61. The van der Waals surface area contributed by atoms with Gasteiger partial charge in [0.2, 0.25) is 0 Å². The number of benzene rings is 2. The van der Waals surface area contributed by atoms with Gasteiger partial charge in [0.15, 0.2) is 0 Å². The van der Waals surface area contributed by atoms with Gasteiger partial charge in [-0.15, -0.1) is 0 Å². The van der Waals surface area contributed by atoms with Crippen molar-refractivity contribution in [2.45, 2.75) is 26.8 Å². The Labute approximate surface area is 191 Å². The van der Waals surface area contributed by atoms with E-state index in [2.05, 4.69) is 10.4 Å². The van der Waals surface area contributed by atoms with Crippen LogP contribution in [0.5, 0.6) is 0 Å². The highest BCUT2D eigenvalue weighted by Gasteiger charge is 2.22. The first-order chi connectivity index (χ1) is 14.8. The Kier molecular flexibility index (Phi) is 5.73. The number of rotatable bonds is 4. The molecule has 158 valence electrons. The van der Waals surface area contributed by atoms with E-state index in [-0.39, 0.29) is 11.9 Å². The average molecular weight is 453 g/mol. The van der Waals surface area contributed by atoms with Gasteiger partial charge in [-0.05, 0) is 50.6 Å². The predicted molar refractivity (Wildman–Crippen MR) is 126 cm³/mol. The number of halogens is 2. The molecule has 0 radical (unpaired) electrons. The Morgan fingerprint density at radius 1 is 1.13 bits per heavy atom. The van der Waals surface area contributed by atoms with E-state index in [0.717, 1.165) is 33.3 Å². The van der Waals surface area contributed by atoms with Gasteiger partial charge in [-0.1, -0.05) is 41.4 Å². The van der Waals surface area contributed by atoms with Gasteiger partial charge >= 0.3 is 0 Å². The number of amides is 1. The van der Waals surface area contributed by atoms with Gasteiger partial charge in [-0.2, -0.15) is 5.10 Å². The van der Waals surface area contributed by atoms with Crippen molar-refractivity contribution in [3.63, 3.8) is 0 Å². The summed E-state index contributed by atoms with van der Waals surface area (Å²) in [5, 5.41) is 9.24. The van der Waals surface area contributed by atoms with Gasteiger partial charge in [0.25, 0.3) is 5.91 Å². The van der Waals surface area contributed by atoms with Crippen molar-refractivity contribution in [3.05, 3.63) is 81.1 Å². The van der Waals surface area contributed by atoms with Gasteiger partial charge in [0, 0.05) is 34.3 Å². The number of pyridine rings is 1. The van der Waals surface area contributed by atoms with E-state index < -0.39 is 0 Å². The normalized spacial score (nSPS) is 12.2. The fourth-order valence-electron chi connectivity index (χ4n) is 3.83. The Balaban J connectivity index is 1.83. The predicted octanol–water partition coefficient (Wildman–Crippen LogP) is 6.05. The first-order valence-electron chi connectivity index (χ1n) is 9.92. The molecule has 0 fully saturated rings. The fraction of sp³-hybridized carbons (Fsp3) is 0.208. The van der Waals surface area contributed by atoms with Crippen molar-refractivity contribution < 1.29 is 4.79 Å². The monoisotopic (exact) mass is 452 g/mol. The lowest BCUT2D eigenvalue weighted by molar-refractivity contribution is 0.0941. The van der Waals surface area contributed by atoms with Gasteiger partial charge in [0.05, 0.1) is 34.0 Å². The minimum absolute atomic E-state index is 0.168. The summed E-state index contributed by atoms with van der Waals surface area (Å²) >= 11 is 12.5. The minimum atomic E-state index is -0.199. The molecular weight excluding hydrogens is 431 g/mol. The molecule has 4 rings (SSSR count). The number of carbonyl (C=O) groups is 1. The maximum Gasteiger partial charge on any atom is 0.252 e. The molecule has 4 aromatic rings. The van der Waals surface area contributed by atoms with E-state index >= 15 is 0 Å². The summed E-state index contributed by atoms with van der Waals surface area (Å²) in [5.74, 6) is -0.168. The molecule has 31 heavy (non-hydrogen) atoms. The second kappa shape index (κ2) is 8.33. The van der Waals surface area contributed by atoms with Crippen LogP contribution in [0.25, 0.3) is 22.2 Å². The van der Waals surface area contributed by atoms with Crippen LogP contribution in [0.3, 0.4) is 0 Å². The van der Waals surface area contributed by atoms with Crippen LogP contribution in [0.4, 0.5) is 0 Å². The van der Waals surface area contributed by atoms with Gasteiger partial charge in [-0.25, -0.2) is 4.98 Å². The minimum Gasteiger partial charge on any atom is -0.345 e. The molecule has 0 saturated heterocycles. The molecule has 2 aromatic carbocycles. The summed E-state index contributed by atoms with van der Waals surface area (Å²) in [6.07, 6.45) is 1.79. The van der Waals surface area contributed by atoms with Crippen LogP contribution < -0.4 is 5.32 Å². The van der Waals surface area contributed by atoms with E-state index in [1.54, 1.807) is 23.0 Å². The molecule has 2 heterocycles. The summed E-state index contributed by atoms with van der Waals surface area (Å²) in [6, 6.07) is 12.7. The molecule has 0 unspecified atom stereocenters. The van der Waals surface area contributed by atoms with Crippen LogP contribution in [-0.4, -0.2) is 20.7 Å². The smallest absolute Gasteiger partial charge is 0.252 e. The first kappa shape index (κ1) is 21.3. The molecule has 1 atom stereocenters. The van der Waals surface area contributed by atoms with Crippen molar-refractivity contribution in [2.24, 2.45) is 7.05 Å². The number of para-hydroxylation sites is 1. The molecule has 1 amide bonds.